The van der Waals surface area contributed by atoms with E-state index in [1.807, 2.05) is 41.3 Å². The Labute approximate surface area is 193 Å². The second-order valence-corrected chi connectivity index (χ2v) is 8.84. The fourth-order valence-electron chi connectivity index (χ4n) is 3.11. The number of hydrogen-bond donors (Lipinski definition) is 2. The highest BCUT2D eigenvalue weighted by Gasteiger charge is 2.13. The van der Waals surface area contributed by atoms with E-state index in [-0.39, 0.29) is 30.1 Å². The zero-order valence-corrected chi connectivity index (χ0v) is 18.8. The first-order valence-corrected chi connectivity index (χ1v) is 11.7. The molecule has 162 valence electrons. The topological polar surface area (TPSA) is 71.1 Å². The molecule has 2 aromatic carbocycles. The van der Waals surface area contributed by atoms with Crippen LogP contribution in [-0.4, -0.2) is 16.8 Å². The van der Waals surface area contributed by atoms with Crippen LogP contribution in [0.25, 0.3) is 10.6 Å². The largest absolute Gasteiger partial charge is 0.349 e. The number of anilines is 1. The molecule has 0 saturated heterocycles. The van der Waals surface area contributed by atoms with Gasteiger partial charge in [0.15, 0.2) is 0 Å². The average Bonchev–Trinajstić information content (AvgIpc) is 3.46. The summed E-state index contributed by atoms with van der Waals surface area (Å²) < 4.78 is 13.0. The lowest BCUT2D eigenvalue weighted by atomic mass is 10.1. The van der Waals surface area contributed by atoms with Gasteiger partial charge in [-0.3, -0.25) is 9.59 Å². The third-order valence-electron chi connectivity index (χ3n) is 4.81. The minimum Gasteiger partial charge on any atom is -0.349 e. The second-order valence-electron chi connectivity index (χ2n) is 7.21. The van der Waals surface area contributed by atoms with E-state index in [4.69, 9.17) is 0 Å². The van der Waals surface area contributed by atoms with E-state index in [0.29, 0.717) is 11.3 Å². The Morgan fingerprint density at radius 3 is 2.47 bits per heavy atom. The molecule has 8 heteroatoms. The Morgan fingerprint density at radius 1 is 1.03 bits per heavy atom. The Balaban J connectivity index is 1.31. The summed E-state index contributed by atoms with van der Waals surface area (Å²) in [7, 11) is 0. The average molecular weight is 466 g/mol. The summed E-state index contributed by atoms with van der Waals surface area (Å²) in [5.74, 6) is -0.808. The first-order valence-electron chi connectivity index (χ1n) is 9.91. The van der Waals surface area contributed by atoms with Crippen molar-refractivity contribution < 1.29 is 14.0 Å². The fourth-order valence-corrected chi connectivity index (χ4v) is 4.64. The molecule has 0 fully saturated rings. The molecule has 0 aliphatic carbocycles. The first-order chi connectivity index (χ1) is 15.5. The van der Waals surface area contributed by atoms with Gasteiger partial charge in [-0.15, -0.1) is 11.3 Å². The molecule has 0 radical (unpaired) electrons. The predicted molar refractivity (Wildman–Crippen MR) is 126 cm³/mol. The standard InChI is InChI=1S/C24H20FN3O2S2/c1-15(26-22(29)12-21-14-32-24(28-21)18-10-11-31-13-18)16-4-8-20(9-5-16)27-23(30)17-2-6-19(25)7-3-17/h2-11,13-15H,12H2,1H3,(H,26,29)(H,27,30). The van der Waals surface area contributed by atoms with E-state index < -0.39 is 0 Å². The van der Waals surface area contributed by atoms with E-state index in [0.717, 1.165) is 21.8 Å². The highest BCUT2D eigenvalue weighted by atomic mass is 32.1. The van der Waals surface area contributed by atoms with Crippen LogP contribution in [0.3, 0.4) is 0 Å². The lowest BCUT2D eigenvalue weighted by Crippen LogP contribution is -2.28. The molecule has 0 aliphatic heterocycles. The van der Waals surface area contributed by atoms with Gasteiger partial charge in [-0.1, -0.05) is 12.1 Å². The third kappa shape index (κ3) is 5.46. The summed E-state index contributed by atoms with van der Waals surface area (Å²) in [5, 5.41) is 12.6. The number of carbonyl (C=O) groups is 2. The third-order valence-corrected chi connectivity index (χ3v) is 6.44. The molecular weight excluding hydrogens is 445 g/mol. The highest BCUT2D eigenvalue weighted by Crippen LogP contribution is 2.26. The lowest BCUT2D eigenvalue weighted by Gasteiger charge is -2.15. The van der Waals surface area contributed by atoms with Crippen LogP contribution in [0.5, 0.6) is 0 Å². The van der Waals surface area contributed by atoms with Crippen molar-refractivity contribution >= 4 is 40.2 Å². The number of rotatable bonds is 7. The molecule has 4 aromatic rings. The molecule has 0 aliphatic rings. The summed E-state index contributed by atoms with van der Waals surface area (Å²) in [6, 6.07) is 14.4. The maximum atomic E-state index is 13.0. The Bertz CT molecular complexity index is 1200. The summed E-state index contributed by atoms with van der Waals surface area (Å²) in [6.07, 6.45) is 0.219. The number of thiazole rings is 1. The van der Waals surface area contributed by atoms with Gasteiger partial charge < -0.3 is 10.6 Å². The summed E-state index contributed by atoms with van der Waals surface area (Å²) in [4.78, 5) is 29.2. The minimum absolute atomic E-state index is 0.103. The summed E-state index contributed by atoms with van der Waals surface area (Å²) in [6.45, 7) is 1.90. The van der Waals surface area contributed by atoms with Crippen LogP contribution in [0.2, 0.25) is 0 Å². The van der Waals surface area contributed by atoms with E-state index in [2.05, 4.69) is 15.6 Å². The van der Waals surface area contributed by atoms with Gasteiger partial charge in [0.1, 0.15) is 10.8 Å². The number of benzene rings is 2. The maximum Gasteiger partial charge on any atom is 0.255 e. The molecule has 4 rings (SSSR count). The Morgan fingerprint density at radius 2 is 1.78 bits per heavy atom. The number of nitrogens with zero attached hydrogens (tertiary/aromatic N) is 1. The Kier molecular flexibility index (Phi) is 6.72. The van der Waals surface area contributed by atoms with Crippen molar-refractivity contribution in [1.29, 1.82) is 0 Å². The monoisotopic (exact) mass is 465 g/mol. The zero-order valence-electron chi connectivity index (χ0n) is 17.2. The molecule has 5 nitrogen and oxygen atoms in total. The zero-order chi connectivity index (χ0) is 22.5. The van der Waals surface area contributed by atoms with Crippen molar-refractivity contribution in [2.75, 3.05) is 5.32 Å². The molecule has 2 heterocycles. The highest BCUT2D eigenvalue weighted by molar-refractivity contribution is 7.14. The molecule has 0 saturated carbocycles. The lowest BCUT2D eigenvalue weighted by molar-refractivity contribution is -0.121. The van der Waals surface area contributed by atoms with Crippen LogP contribution in [-0.2, 0) is 11.2 Å². The second kappa shape index (κ2) is 9.84. The first kappa shape index (κ1) is 21.9. The molecule has 32 heavy (non-hydrogen) atoms. The van der Waals surface area contributed by atoms with E-state index >= 15 is 0 Å². The summed E-state index contributed by atoms with van der Waals surface area (Å²) >= 11 is 3.15. The van der Waals surface area contributed by atoms with Crippen molar-refractivity contribution in [3.63, 3.8) is 0 Å². The number of thiophene rings is 1. The molecule has 2 amide bonds. The smallest absolute Gasteiger partial charge is 0.255 e. The fraction of sp³-hybridized carbons (Fsp3) is 0.125. The minimum atomic E-state index is -0.389. The van der Waals surface area contributed by atoms with Gasteiger partial charge in [0.2, 0.25) is 5.91 Å². The van der Waals surface area contributed by atoms with Crippen LogP contribution in [0, 0.1) is 5.82 Å². The van der Waals surface area contributed by atoms with Gasteiger partial charge in [0, 0.05) is 27.6 Å². The van der Waals surface area contributed by atoms with E-state index in [9.17, 15) is 14.0 Å². The number of halogens is 1. The molecule has 1 atom stereocenters. The predicted octanol–water partition coefficient (Wildman–Crippen LogP) is 5.68. The molecule has 1 unspecified atom stereocenters. The van der Waals surface area contributed by atoms with Crippen LogP contribution in [0.15, 0.2) is 70.7 Å². The van der Waals surface area contributed by atoms with E-state index in [1.54, 1.807) is 23.5 Å². The quantitative estimate of drug-likeness (QED) is 0.369. The van der Waals surface area contributed by atoms with Crippen molar-refractivity contribution in [3.05, 3.63) is 93.4 Å². The number of carbonyl (C=O) groups excluding carboxylic acids is 2. The van der Waals surface area contributed by atoms with Gasteiger partial charge >= 0.3 is 0 Å². The molecule has 0 spiro atoms. The molecule has 2 N–H and O–H groups in total. The van der Waals surface area contributed by atoms with Crippen LogP contribution >= 0.6 is 22.7 Å². The Hall–Kier alpha value is -3.36. The number of hydrogen-bond acceptors (Lipinski definition) is 5. The van der Waals surface area contributed by atoms with Crippen molar-refractivity contribution in [2.45, 2.75) is 19.4 Å². The molecular formula is C24H20FN3O2S2. The number of aromatic nitrogens is 1. The van der Waals surface area contributed by atoms with Crippen LogP contribution < -0.4 is 10.6 Å². The molecule has 2 aromatic heterocycles. The van der Waals surface area contributed by atoms with Crippen molar-refractivity contribution in [1.82, 2.24) is 10.3 Å². The number of amides is 2. The van der Waals surface area contributed by atoms with Crippen LogP contribution in [0.4, 0.5) is 10.1 Å². The summed E-state index contributed by atoms with van der Waals surface area (Å²) in [5.41, 5.74) is 3.73. The van der Waals surface area contributed by atoms with E-state index in [1.165, 1.54) is 35.6 Å². The van der Waals surface area contributed by atoms with Gasteiger partial charge in [0.25, 0.3) is 5.91 Å². The van der Waals surface area contributed by atoms with Crippen LogP contribution in [0.1, 0.15) is 34.6 Å². The molecule has 0 bridgehead atoms. The van der Waals surface area contributed by atoms with Gasteiger partial charge in [0.05, 0.1) is 18.2 Å². The van der Waals surface area contributed by atoms with Crippen molar-refractivity contribution in [2.24, 2.45) is 0 Å². The van der Waals surface area contributed by atoms with Crippen molar-refractivity contribution in [3.8, 4) is 10.6 Å². The van der Waals surface area contributed by atoms with Gasteiger partial charge in [-0.25, -0.2) is 9.37 Å². The SMILES string of the molecule is CC(NC(=O)Cc1csc(-c2ccsc2)n1)c1ccc(NC(=O)c2ccc(F)cc2)cc1. The maximum absolute atomic E-state index is 13.0. The normalized spacial score (nSPS) is 11.7. The number of nitrogens with one attached hydrogen (secondary N) is 2. The van der Waals surface area contributed by atoms with Gasteiger partial charge in [-0.05, 0) is 60.3 Å². The van der Waals surface area contributed by atoms with Gasteiger partial charge in [-0.2, -0.15) is 11.3 Å².